The van der Waals surface area contributed by atoms with Crippen LogP contribution in [-0.4, -0.2) is 25.5 Å². The van der Waals surface area contributed by atoms with Crippen molar-refractivity contribution in [3.63, 3.8) is 0 Å². The van der Waals surface area contributed by atoms with Crippen LogP contribution in [0.1, 0.15) is 41.7 Å². The molecule has 3 aromatic carbocycles. The molecule has 0 aliphatic rings. The predicted octanol–water partition coefficient (Wildman–Crippen LogP) is 4.75. The summed E-state index contributed by atoms with van der Waals surface area (Å²) in [6, 6.07) is 25.3. The highest BCUT2D eigenvalue weighted by atomic mass is 16.5. The molecule has 0 bridgehead atoms. The zero-order valence-electron chi connectivity index (χ0n) is 17.9. The smallest absolute Gasteiger partial charge is 0.251 e. The third kappa shape index (κ3) is 6.44. The van der Waals surface area contributed by atoms with Crippen molar-refractivity contribution in [1.82, 2.24) is 10.6 Å². The Morgan fingerprint density at radius 3 is 2.16 bits per heavy atom. The molecule has 3 aromatic rings. The number of methoxy groups -OCH3 is 1. The Bertz CT molecular complexity index is 983. The molecule has 160 valence electrons. The van der Waals surface area contributed by atoms with Gasteiger partial charge in [0.25, 0.3) is 5.91 Å². The van der Waals surface area contributed by atoms with E-state index in [1.807, 2.05) is 37.3 Å². The van der Waals surface area contributed by atoms with Crippen LogP contribution in [0.25, 0.3) is 11.1 Å². The SMILES string of the molecule is COc1ccc(C(=O)NCCCC(=O)NC(C)c2ccc(-c3ccccc3)cc2)cc1. The van der Waals surface area contributed by atoms with Crippen LogP contribution in [0.4, 0.5) is 0 Å². The topological polar surface area (TPSA) is 67.4 Å². The zero-order valence-corrected chi connectivity index (χ0v) is 17.9. The van der Waals surface area contributed by atoms with Gasteiger partial charge in [-0.2, -0.15) is 0 Å². The fourth-order valence-electron chi connectivity index (χ4n) is 3.29. The van der Waals surface area contributed by atoms with Crippen molar-refractivity contribution in [3.8, 4) is 16.9 Å². The number of hydrogen-bond donors (Lipinski definition) is 2. The summed E-state index contributed by atoms with van der Waals surface area (Å²) in [7, 11) is 1.58. The summed E-state index contributed by atoms with van der Waals surface area (Å²) in [5.74, 6) is 0.519. The standard InChI is InChI=1S/C26H28N2O3/c1-19(20-10-12-22(13-11-20)21-7-4-3-5-8-21)28-25(29)9-6-18-27-26(30)23-14-16-24(31-2)17-15-23/h3-5,7-8,10-17,19H,6,9,18H2,1-2H3,(H,27,30)(H,28,29). The van der Waals surface area contributed by atoms with Gasteiger partial charge < -0.3 is 15.4 Å². The maximum Gasteiger partial charge on any atom is 0.251 e. The first-order valence-corrected chi connectivity index (χ1v) is 10.4. The Morgan fingerprint density at radius 1 is 0.871 bits per heavy atom. The number of hydrogen-bond acceptors (Lipinski definition) is 3. The quantitative estimate of drug-likeness (QED) is 0.495. The number of amides is 2. The summed E-state index contributed by atoms with van der Waals surface area (Å²) < 4.78 is 5.09. The van der Waals surface area contributed by atoms with Crippen LogP contribution in [0.3, 0.4) is 0 Å². The summed E-state index contributed by atoms with van der Waals surface area (Å²) in [5, 5.41) is 5.86. The molecule has 0 radical (unpaired) electrons. The molecular weight excluding hydrogens is 388 g/mol. The van der Waals surface area contributed by atoms with Gasteiger partial charge in [0.15, 0.2) is 0 Å². The number of nitrogens with one attached hydrogen (secondary N) is 2. The Balaban J connectivity index is 1.40. The predicted molar refractivity (Wildman–Crippen MR) is 123 cm³/mol. The molecule has 2 N–H and O–H groups in total. The number of carbonyl (C=O) groups is 2. The number of carbonyl (C=O) groups excluding carboxylic acids is 2. The second-order valence-corrected chi connectivity index (χ2v) is 7.37. The lowest BCUT2D eigenvalue weighted by Crippen LogP contribution is -2.29. The average Bonchev–Trinajstić information content (AvgIpc) is 2.82. The summed E-state index contributed by atoms with van der Waals surface area (Å²) in [5.41, 5.74) is 3.94. The van der Waals surface area contributed by atoms with Gasteiger partial charge in [0.05, 0.1) is 13.2 Å². The molecule has 31 heavy (non-hydrogen) atoms. The summed E-state index contributed by atoms with van der Waals surface area (Å²) in [6.07, 6.45) is 0.933. The van der Waals surface area contributed by atoms with Crippen LogP contribution in [0.5, 0.6) is 5.75 Å². The van der Waals surface area contributed by atoms with Gasteiger partial charge in [0.1, 0.15) is 5.75 Å². The molecule has 0 saturated heterocycles. The molecule has 3 rings (SSSR count). The lowest BCUT2D eigenvalue weighted by Gasteiger charge is -2.15. The zero-order chi connectivity index (χ0) is 22.1. The molecule has 1 unspecified atom stereocenters. The van der Waals surface area contributed by atoms with E-state index in [1.165, 1.54) is 5.56 Å². The molecule has 1 atom stereocenters. The first-order valence-electron chi connectivity index (χ1n) is 10.4. The summed E-state index contributed by atoms with van der Waals surface area (Å²) in [6.45, 7) is 2.42. The lowest BCUT2D eigenvalue weighted by molar-refractivity contribution is -0.121. The highest BCUT2D eigenvalue weighted by Crippen LogP contribution is 2.21. The highest BCUT2D eigenvalue weighted by Gasteiger charge is 2.10. The normalized spacial score (nSPS) is 11.4. The van der Waals surface area contributed by atoms with Crippen LogP contribution in [0, 0.1) is 0 Å². The van der Waals surface area contributed by atoms with Crippen LogP contribution in [-0.2, 0) is 4.79 Å². The maximum atomic E-state index is 12.3. The fraction of sp³-hybridized carbons (Fsp3) is 0.231. The minimum atomic E-state index is -0.157. The van der Waals surface area contributed by atoms with E-state index in [-0.39, 0.29) is 17.9 Å². The molecule has 0 spiro atoms. The van der Waals surface area contributed by atoms with Crippen molar-refractivity contribution in [2.45, 2.75) is 25.8 Å². The maximum absolute atomic E-state index is 12.3. The minimum Gasteiger partial charge on any atom is -0.497 e. The molecule has 0 aliphatic heterocycles. The third-order valence-electron chi connectivity index (χ3n) is 5.11. The number of rotatable bonds is 9. The second-order valence-electron chi connectivity index (χ2n) is 7.37. The average molecular weight is 417 g/mol. The van der Waals surface area contributed by atoms with Gasteiger partial charge in [-0.3, -0.25) is 9.59 Å². The summed E-state index contributed by atoms with van der Waals surface area (Å²) >= 11 is 0. The first kappa shape index (κ1) is 22.1. The number of ether oxygens (including phenoxy) is 1. The van der Waals surface area contributed by atoms with Crippen molar-refractivity contribution in [2.75, 3.05) is 13.7 Å². The Hall–Kier alpha value is -3.60. The van der Waals surface area contributed by atoms with E-state index in [4.69, 9.17) is 4.74 Å². The Kier molecular flexibility index (Phi) is 7.82. The molecule has 0 saturated carbocycles. The Morgan fingerprint density at radius 2 is 1.52 bits per heavy atom. The van der Waals surface area contributed by atoms with Crippen LogP contribution < -0.4 is 15.4 Å². The van der Waals surface area contributed by atoms with E-state index >= 15 is 0 Å². The van der Waals surface area contributed by atoms with E-state index < -0.39 is 0 Å². The van der Waals surface area contributed by atoms with Crippen molar-refractivity contribution < 1.29 is 14.3 Å². The Labute approximate surface area is 183 Å². The van der Waals surface area contributed by atoms with Gasteiger partial charge in [0.2, 0.25) is 5.91 Å². The third-order valence-corrected chi connectivity index (χ3v) is 5.11. The molecule has 0 fully saturated rings. The van der Waals surface area contributed by atoms with Gasteiger partial charge in [-0.15, -0.1) is 0 Å². The van der Waals surface area contributed by atoms with E-state index in [0.717, 1.165) is 11.1 Å². The lowest BCUT2D eigenvalue weighted by atomic mass is 10.0. The van der Waals surface area contributed by atoms with Gasteiger partial charge in [0, 0.05) is 18.5 Å². The number of benzene rings is 3. The van der Waals surface area contributed by atoms with Crippen LogP contribution in [0.15, 0.2) is 78.9 Å². The van der Waals surface area contributed by atoms with Crippen LogP contribution >= 0.6 is 0 Å². The monoisotopic (exact) mass is 416 g/mol. The van der Waals surface area contributed by atoms with E-state index in [2.05, 4.69) is 34.9 Å². The van der Waals surface area contributed by atoms with Gasteiger partial charge >= 0.3 is 0 Å². The fourth-order valence-corrected chi connectivity index (χ4v) is 3.29. The molecule has 0 aromatic heterocycles. The molecule has 0 heterocycles. The van der Waals surface area contributed by atoms with Crippen molar-refractivity contribution >= 4 is 11.8 Å². The largest absolute Gasteiger partial charge is 0.497 e. The van der Waals surface area contributed by atoms with E-state index in [9.17, 15) is 9.59 Å². The van der Waals surface area contributed by atoms with E-state index in [0.29, 0.717) is 30.7 Å². The highest BCUT2D eigenvalue weighted by molar-refractivity contribution is 5.94. The second kappa shape index (κ2) is 11.0. The molecule has 2 amide bonds. The van der Waals surface area contributed by atoms with Crippen LogP contribution in [0.2, 0.25) is 0 Å². The molecular formula is C26H28N2O3. The minimum absolute atomic E-state index is 0.0293. The van der Waals surface area contributed by atoms with Gasteiger partial charge in [-0.25, -0.2) is 0 Å². The first-order chi connectivity index (χ1) is 15.1. The van der Waals surface area contributed by atoms with E-state index in [1.54, 1.807) is 31.4 Å². The molecule has 5 heteroatoms. The molecule has 0 aliphatic carbocycles. The van der Waals surface area contributed by atoms with Crippen molar-refractivity contribution in [3.05, 3.63) is 90.0 Å². The van der Waals surface area contributed by atoms with Gasteiger partial charge in [-0.1, -0.05) is 54.6 Å². The van der Waals surface area contributed by atoms with Crippen molar-refractivity contribution in [1.29, 1.82) is 0 Å². The van der Waals surface area contributed by atoms with Crippen molar-refractivity contribution in [2.24, 2.45) is 0 Å². The molecule has 5 nitrogen and oxygen atoms in total. The summed E-state index contributed by atoms with van der Waals surface area (Å²) in [4.78, 5) is 24.4. The van der Waals surface area contributed by atoms with Gasteiger partial charge in [-0.05, 0) is 54.3 Å².